The maximum absolute atomic E-state index is 14.2. The molecule has 2 fully saturated rings. The van der Waals surface area contributed by atoms with Gasteiger partial charge in [0.2, 0.25) is 0 Å². The third-order valence-corrected chi connectivity index (χ3v) is 7.57. The molecule has 4 aromatic rings. The van der Waals surface area contributed by atoms with Crippen LogP contribution >= 0.6 is 0 Å². The van der Waals surface area contributed by atoms with Crippen molar-refractivity contribution >= 4 is 33.2 Å². The number of methoxy groups -OCH3 is 1. The van der Waals surface area contributed by atoms with Crippen LogP contribution in [-0.2, 0) is 0 Å². The first-order valence-electron chi connectivity index (χ1n) is 13.4. The van der Waals surface area contributed by atoms with Gasteiger partial charge in [-0.3, -0.25) is 14.9 Å². The molecule has 194 valence electrons. The van der Waals surface area contributed by atoms with Crippen molar-refractivity contribution in [3.8, 4) is 5.75 Å². The highest BCUT2D eigenvalue weighted by Crippen LogP contribution is 2.33. The molecule has 0 spiro atoms. The summed E-state index contributed by atoms with van der Waals surface area (Å²) in [5.41, 5.74) is 4.00. The monoisotopic (exact) mass is 501 g/mol. The van der Waals surface area contributed by atoms with Crippen LogP contribution in [0.4, 0.5) is 15.8 Å². The molecule has 0 radical (unpaired) electrons. The Morgan fingerprint density at radius 3 is 2.19 bits per heavy atom. The summed E-state index contributed by atoms with van der Waals surface area (Å²) in [6, 6.07) is 15.9. The summed E-state index contributed by atoms with van der Waals surface area (Å²) < 4.78 is 19.8. The molecule has 2 aromatic heterocycles. The Labute approximate surface area is 218 Å². The molecule has 0 amide bonds. The van der Waals surface area contributed by atoms with Crippen LogP contribution in [-0.4, -0.2) is 67.3 Å². The molecule has 6 rings (SSSR count). The van der Waals surface area contributed by atoms with E-state index in [-0.39, 0.29) is 5.82 Å². The molecule has 2 saturated heterocycles. The number of benzene rings is 2. The zero-order valence-electron chi connectivity index (χ0n) is 22.0. The Morgan fingerprint density at radius 1 is 0.784 bits per heavy atom. The first-order chi connectivity index (χ1) is 18.2. The molecule has 7 heteroatoms. The Balaban J connectivity index is 0.00000137. The quantitative estimate of drug-likeness (QED) is 0.355. The van der Waals surface area contributed by atoms with E-state index in [1.807, 2.05) is 38.2 Å². The van der Waals surface area contributed by atoms with Gasteiger partial charge >= 0.3 is 0 Å². The van der Waals surface area contributed by atoms with Crippen LogP contribution in [0, 0.1) is 5.82 Å². The molecule has 2 aliphatic rings. The molecule has 4 heterocycles. The second-order valence-corrected chi connectivity index (χ2v) is 9.43. The predicted molar refractivity (Wildman–Crippen MR) is 150 cm³/mol. The molecule has 0 saturated carbocycles. The van der Waals surface area contributed by atoms with Gasteiger partial charge in [-0.25, -0.2) is 4.39 Å². The third-order valence-electron chi connectivity index (χ3n) is 7.57. The van der Waals surface area contributed by atoms with E-state index in [0.29, 0.717) is 11.4 Å². The van der Waals surface area contributed by atoms with Gasteiger partial charge in [0.25, 0.3) is 0 Å². The number of nitrogens with zero attached hydrogens (tertiary/aromatic N) is 5. The summed E-state index contributed by atoms with van der Waals surface area (Å²) in [6.45, 7) is 9.96. The van der Waals surface area contributed by atoms with E-state index in [4.69, 9.17) is 4.74 Å². The molecule has 0 aliphatic carbocycles. The van der Waals surface area contributed by atoms with E-state index < -0.39 is 0 Å². The lowest BCUT2D eigenvalue weighted by molar-refractivity contribution is 0.160. The van der Waals surface area contributed by atoms with Crippen molar-refractivity contribution in [1.82, 2.24) is 14.9 Å². The molecule has 2 aromatic carbocycles. The van der Waals surface area contributed by atoms with Gasteiger partial charge in [0, 0.05) is 74.5 Å². The van der Waals surface area contributed by atoms with Crippen LogP contribution in [0.25, 0.3) is 21.8 Å². The number of hydrogen-bond acceptors (Lipinski definition) is 6. The zero-order chi connectivity index (χ0) is 25.8. The van der Waals surface area contributed by atoms with Gasteiger partial charge < -0.3 is 14.5 Å². The van der Waals surface area contributed by atoms with Gasteiger partial charge in [-0.15, -0.1) is 0 Å². The van der Waals surface area contributed by atoms with Crippen LogP contribution in [0.1, 0.15) is 26.7 Å². The first kappa shape index (κ1) is 25.2. The van der Waals surface area contributed by atoms with Crippen molar-refractivity contribution in [2.24, 2.45) is 0 Å². The van der Waals surface area contributed by atoms with Crippen molar-refractivity contribution in [3.63, 3.8) is 0 Å². The molecular formula is C30H36FN5O. The van der Waals surface area contributed by atoms with Gasteiger partial charge in [0.05, 0.1) is 29.5 Å². The lowest BCUT2D eigenvalue weighted by atomic mass is 10.0. The van der Waals surface area contributed by atoms with Crippen LogP contribution in [0.5, 0.6) is 5.75 Å². The smallest absolute Gasteiger partial charge is 0.132 e. The van der Waals surface area contributed by atoms with Gasteiger partial charge in [-0.1, -0.05) is 19.9 Å². The molecule has 0 N–H and O–H groups in total. The molecule has 6 nitrogen and oxygen atoms in total. The van der Waals surface area contributed by atoms with Crippen LogP contribution in [0.3, 0.4) is 0 Å². The maximum atomic E-state index is 14.2. The highest BCUT2D eigenvalue weighted by Gasteiger charge is 2.29. The standard InChI is InChI=1S/C28H30FN5O.C2H6/c1-35-22-18-20-4-2-10-30-27(20)26(19-22)34-16-14-32(15-17-34)21-8-12-33(13-9-21)25-7-6-24(29)23-5-3-11-31-28(23)25;1-2/h2-7,10-11,18-19,21H,8-9,12-17H2,1H3;1-2H3. The highest BCUT2D eigenvalue weighted by molar-refractivity contribution is 5.92. The van der Waals surface area contributed by atoms with Crippen LogP contribution in [0.15, 0.2) is 60.9 Å². The van der Waals surface area contributed by atoms with Gasteiger partial charge in [0.15, 0.2) is 0 Å². The summed E-state index contributed by atoms with van der Waals surface area (Å²) in [5.74, 6) is 0.668. The molecule has 37 heavy (non-hydrogen) atoms. The summed E-state index contributed by atoms with van der Waals surface area (Å²) in [7, 11) is 1.72. The number of rotatable bonds is 4. The summed E-state index contributed by atoms with van der Waals surface area (Å²) >= 11 is 0. The molecule has 0 bridgehead atoms. The van der Waals surface area contributed by atoms with E-state index in [1.54, 1.807) is 25.4 Å². The molecule has 0 atom stereocenters. The van der Waals surface area contributed by atoms with Gasteiger partial charge in [-0.2, -0.15) is 0 Å². The fourth-order valence-electron chi connectivity index (χ4n) is 5.68. The molecule has 2 aliphatic heterocycles. The fraction of sp³-hybridized carbons (Fsp3) is 0.400. The normalized spacial score (nSPS) is 17.1. The van der Waals surface area contributed by atoms with Gasteiger partial charge in [-0.05, 0) is 49.2 Å². The summed E-state index contributed by atoms with van der Waals surface area (Å²) in [6.07, 6.45) is 5.82. The number of aromatic nitrogens is 2. The van der Waals surface area contributed by atoms with E-state index in [9.17, 15) is 4.39 Å². The number of halogens is 1. The minimum absolute atomic E-state index is 0.205. The number of ether oxygens (including phenoxy) is 1. The summed E-state index contributed by atoms with van der Waals surface area (Å²) in [5, 5.41) is 1.71. The van der Waals surface area contributed by atoms with Crippen molar-refractivity contribution in [2.45, 2.75) is 32.7 Å². The number of fused-ring (bicyclic) bond motifs is 2. The topological polar surface area (TPSA) is 44.7 Å². The second-order valence-electron chi connectivity index (χ2n) is 9.43. The van der Waals surface area contributed by atoms with Gasteiger partial charge in [0.1, 0.15) is 11.6 Å². The number of piperidine rings is 1. The number of anilines is 2. The minimum Gasteiger partial charge on any atom is -0.497 e. The van der Waals surface area contributed by atoms with Crippen molar-refractivity contribution < 1.29 is 9.13 Å². The molecular weight excluding hydrogens is 465 g/mol. The number of hydrogen-bond donors (Lipinski definition) is 0. The lowest BCUT2D eigenvalue weighted by Gasteiger charge is -2.44. The van der Waals surface area contributed by atoms with Crippen molar-refractivity contribution in [3.05, 3.63) is 66.7 Å². The van der Waals surface area contributed by atoms with E-state index in [0.717, 1.165) is 85.7 Å². The highest BCUT2D eigenvalue weighted by atomic mass is 19.1. The van der Waals surface area contributed by atoms with Crippen LogP contribution < -0.4 is 14.5 Å². The SMILES string of the molecule is CC.COc1cc(N2CCN(C3CCN(c4ccc(F)c5cccnc45)CC3)CC2)c2ncccc2c1. The van der Waals surface area contributed by atoms with Crippen LogP contribution in [0.2, 0.25) is 0 Å². The fourth-order valence-corrected chi connectivity index (χ4v) is 5.68. The first-order valence-corrected chi connectivity index (χ1v) is 13.4. The third kappa shape index (κ3) is 5.05. The van der Waals surface area contributed by atoms with Crippen molar-refractivity contribution in [1.29, 1.82) is 0 Å². The summed E-state index contributed by atoms with van der Waals surface area (Å²) in [4.78, 5) is 16.6. The predicted octanol–water partition coefficient (Wildman–Crippen LogP) is 5.75. The number of piperazine rings is 1. The average Bonchev–Trinajstić information content (AvgIpc) is 2.98. The number of pyridine rings is 2. The molecule has 0 unspecified atom stereocenters. The van der Waals surface area contributed by atoms with E-state index in [2.05, 4.69) is 42.9 Å². The minimum atomic E-state index is -0.205. The largest absolute Gasteiger partial charge is 0.497 e. The Bertz CT molecular complexity index is 1350. The maximum Gasteiger partial charge on any atom is 0.132 e. The lowest BCUT2D eigenvalue weighted by Crippen LogP contribution is -2.53. The van der Waals surface area contributed by atoms with E-state index in [1.165, 1.54) is 0 Å². The Hall–Kier alpha value is -3.45. The Kier molecular flexibility index (Phi) is 7.70. The average molecular weight is 502 g/mol. The van der Waals surface area contributed by atoms with E-state index >= 15 is 0 Å². The zero-order valence-corrected chi connectivity index (χ0v) is 22.0. The Morgan fingerprint density at radius 2 is 1.46 bits per heavy atom. The van der Waals surface area contributed by atoms with Crippen molar-refractivity contribution in [2.75, 3.05) is 56.2 Å². The second kappa shape index (κ2) is 11.3.